The first-order valence-corrected chi connectivity index (χ1v) is 7.84. The second kappa shape index (κ2) is 6.75. The monoisotopic (exact) mass is 371 g/mol. The number of Topliss-reactive ketones (excluding diaryl/α,β-unsaturated/α-hetero) is 1. The van der Waals surface area contributed by atoms with Gasteiger partial charge >= 0.3 is 0 Å². The largest absolute Gasteiger partial charge is 0.419 e. The Kier molecular flexibility index (Phi) is 4.52. The van der Waals surface area contributed by atoms with Crippen LogP contribution in [-0.2, 0) is 6.54 Å². The molecule has 0 saturated carbocycles. The maximum Gasteiger partial charge on any atom is 0.247 e. The highest BCUT2D eigenvalue weighted by Gasteiger charge is 2.08. The molecule has 0 radical (unpaired) electrons. The van der Waals surface area contributed by atoms with Crippen LogP contribution in [-0.4, -0.2) is 16.0 Å². The van der Waals surface area contributed by atoms with Gasteiger partial charge in [-0.2, -0.15) is 0 Å². The van der Waals surface area contributed by atoms with Crippen molar-refractivity contribution < 1.29 is 9.21 Å². The van der Waals surface area contributed by atoms with E-state index in [4.69, 9.17) is 4.42 Å². The van der Waals surface area contributed by atoms with Crippen molar-refractivity contribution in [3.05, 3.63) is 64.5 Å². The summed E-state index contributed by atoms with van der Waals surface area (Å²) >= 11 is 3.42. The highest BCUT2D eigenvalue weighted by molar-refractivity contribution is 9.10. The topological polar surface area (TPSA) is 68.0 Å². The first-order valence-electron chi connectivity index (χ1n) is 7.05. The van der Waals surface area contributed by atoms with Gasteiger partial charge in [-0.25, -0.2) is 0 Å². The lowest BCUT2D eigenvalue weighted by atomic mass is 10.1. The molecule has 0 bridgehead atoms. The lowest BCUT2D eigenvalue weighted by Gasteiger charge is -2.04. The molecule has 0 atom stereocenters. The summed E-state index contributed by atoms with van der Waals surface area (Å²) in [5, 5.41) is 11.3. The molecule has 3 rings (SSSR count). The third-order valence-corrected chi connectivity index (χ3v) is 3.77. The number of hydrogen-bond donors (Lipinski definition) is 1. The molecule has 1 heterocycles. The molecule has 0 unspecified atom stereocenters. The molecule has 0 aliphatic carbocycles. The van der Waals surface area contributed by atoms with Gasteiger partial charge in [-0.15, -0.1) is 10.2 Å². The Morgan fingerprint density at radius 2 is 1.96 bits per heavy atom. The first kappa shape index (κ1) is 15.4. The molecule has 0 saturated heterocycles. The lowest BCUT2D eigenvalue weighted by Crippen LogP contribution is -2.00. The number of benzene rings is 2. The van der Waals surface area contributed by atoms with Crippen molar-refractivity contribution >= 4 is 27.4 Å². The van der Waals surface area contributed by atoms with Crippen LogP contribution in [0.1, 0.15) is 23.2 Å². The van der Waals surface area contributed by atoms with E-state index in [1.54, 1.807) is 19.1 Å². The Morgan fingerprint density at radius 3 is 2.65 bits per heavy atom. The lowest BCUT2D eigenvalue weighted by molar-refractivity contribution is 0.101. The predicted octanol–water partition coefficient (Wildman–Crippen LogP) is 4.31. The van der Waals surface area contributed by atoms with Crippen molar-refractivity contribution in [2.24, 2.45) is 0 Å². The van der Waals surface area contributed by atoms with Crippen molar-refractivity contribution in [2.45, 2.75) is 13.5 Å². The fourth-order valence-electron chi connectivity index (χ4n) is 2.06. The first-order chi connectivity index (χ1) is 11.1. The van der Waals surface area contributed by atoms with Crippen LogP contribution >= 0.6 is 15.9 Å². The average Bonchev–Trinajstić information content (AvgIpc) is 3.02. The summed E-state index contributed by atoms with van der Waals surface area (Å²) in [6.07, 6.45) is 0. The van der Waals surface area contributed by atoms with Crippen molar-refractivity contribution in [3.63, 3.8) is 0 Å². The Balaban J connectivity index is 1.66. The molecule has 23 heavy (non-hydrogen) atoms. The summed E-state index contributed by atoms with van der Waals surface area (Å²) in [6.45, 7) is 1.96. The van der Waals surface area contributed by atoms with E-state index >= 15 is 0 Å². The van der Waals surface area contributed by atoms with Gasteiger partial charge < -0.3 is 9.73 Å². The molecule has 1 aromatic heterocycles. The third kappa shape index (κ3) is 3.84. The Bertz CT molecular complexity index is 828. The van der Waals surface area contributed by atoms with E-state index in [2.05, 4.69) is 31.4 Å². The van der Waals surface area contributed by atoms with Crippen molar-refractivity contribution in [3.8, 4) is 11.5 Å². The second-order valence-corrected chi connectivity index (χ2v) is 5.91. The SMILES string of the molecule is CC(=O)c1ccc(NCc2nnc(-c3cccc(Br)c3)o2)cc1. The van der Waals surface area contributed by atoms with Crippen molar-refractivity contribution in [2.75, 3.05) is 5.32 Å². The van der Waals surface area contributed by atoms with Crippen LogP contribution in [0.15, 0.2) is 57.4 Å². The Labute approximate surface area is 141 Å². The van der Waals surface area contributed by atoms with Crippen LogP contribution in [0.25, 0.3) is 11.5 Å². The van der Waals surface area contributed by atoms with E-state index in [0.717, 1.165) is 15.7 Å². The summed E-state index contributed by atoms with van der Waals surface area (Å²) in [5.41, 5.74) is 2.44. The number of rotatable bonds is 5. The molecule has 0 spiro atoms. The third-order valence-electron chi connectivity index (χ3n) is 3.27. The molecule has 5 nitrogen and oxygen atoms in total. The number of anilines is 1. The number of nitrogens with zero attached hydrogens (tertiary/aromatic N) is 2. The van der Waals surface area contributed by atoms with Gasteiger partial charge in [0.2, 0.25) is 11.8 Å². The number of carbonyl (C=O) groups excluding carboxylic acids is 1. The molecule has 6 heteroatoms. The van der Waals surface area contributed by atoms with Gasteiger partial charge in [0.15, 0.2) is 5.78 Å². The Hall–Kier alpha value is -2.47. The minimum Gasteiger partial charge on any atom is -0.419 e. The van der Waals surface area contributed by atoms with Crippen LogP contribution in [0.5, 0.6) is 0 Å². The van der Waals surface area contributed by atoms with Crippen molar-refractivity contribution in [1.82, 2.24) is 10.2 Å². The van der Waals surface area contributed by atoms with E-state index < -0.39 is 0 Å². The molecular weight excluding hydrogens is 358 g/mol. The van der Waals surface area contributed by atoms with Gasteiger partial charge in [0.1, 0.15) is 0 Å². The number of nitrogens with one attached hydrogen (secondary N) is 1. The van der Waals surface area contributed by atoms with Crippen molar-refractivity contribution in [1.29, 1.82) is 0 Å². The molecule has 0 aliphatic rings. The molecular formula is C17H14BrN3O2. The van der Waals surface area contributed by atoms with Crippen LogP contribution in [0.2, 0.25) is 0 Å². The number of aromatic nitrogens is 2. The van der Waals surface area contributed by atoms with Gasteiger partial charge in [0.05, 0.1) is 6.54 Å². The minimum absolute atomic E-state index is 0.0483. The quantitative estimate of drug-likeness (QED) is 0.676. The number of halogens is 1. The van der Waals surface area contributed by atoms with E-state index in [1.165, 1.54) is 0 Å². The van der Waals surface area contributed by atoms with Gasteiger partial charge in [-0.05, 0) is 49.4 Å². The highest BCUT2D eigenvalue weighted by Crippen LogP contribution is 2.22. The van der Waals surface area contributed by atoms with Gasteiger partial charge in [0, 0.05) is 21.3 Å². The van der Waals surface area contributed by atoms with E-state index in [0.29, 0.717) is 23.9 Å². The maximum atomic E-state index is 11.2. The summed E-state index contributed by atoms with van der Waals surface area (Å²) in [5.74, 6) is 1.03. The summed E-state index contributed by atoms with van der Waals surface area (Å²) in [6, 6.07) is 15.0. The molecule has 0 amide bonds. The van der Waals surface area contributed by atoms with E-state index in [9.17, 15) is 4.79 Å². The summed E-state index contributed by atoms with van der Waals surface area (Å²) in [7, 11) is 0. The molecule has 2 aromatic carbocycles. The number of carbonyl (C=O) groups is 1. The zero-order chi connectivity index (χ0) is 16.2. The molecule has 1 N–H and O–H groups in total. The summed E-state index contributed by atoms with van der Waals surface area (Å²) < 4.78 is 6.61. The van der Waals surface area contributed by atoms with Crippen LogP contribution in [0.4, 0.5) is 5.69 Å². The van der Waals surface area contributed by atoms with E-state index in [-0.39, 0.29) is 5.78 Å². The smallest absolute Gasteiger partial charge is 0.247 e. The van der Waals surface area contributed by atoms with Gasteiger partial charge in [-0.1, -0.05) is 22.0 Å². The number of hydrogen-bond acceptors (Lipinski definition) is 5. The zero-order valence-electron chi connectivity index (χ0n) is 12.4. The maximum absolute atomic E-state index is 11.2. The predicted molar refractivity (Wildman–Crippen MR) is 91.2 cm³/mol. The molecule has 0 fully saturated rings. The fourth-order valence-corrected chi connectivity index (χ4v) is 2.46. The highest BCUT2D eigenvalue weighted by atomic mass is 79.9. The molecule has 0 aliphatic heterocycles. The van der Waals surface area contributed by atoms with Gasteiger partial charge in [0.25, 0.3) is 0 Å². The Morgan fingerprint density at radius 1 is 1.17 bits per heavy atom. The second-order valence-electron chi connectivity index (χ2n) is 5.00. The van der Waals surface area contributed by atoms with E-state index in [1.807, 2.05) is 36.4 Å². The number of ketones is 1. The molecule has 116 valence electrons. The fraction of sp³-hybridized carbons (Fsp3) is 0.118. The van der Waals surface area contributed by atoms with Gasteiger partial charge in [-0.3, -0.25) is 4.79 Å². The molecule has 3 aromatic rings. The van der Waals surface area contributed by atoms with Crippen LogP contribution < -0.4 is 5.32 Å². The standard InChI is InChI=1S/C17H14BrN3O2/c1-11(22)12-5-7-15(8-6-12)19-10-16-20-21-17(23-16)13-3-2-4-14(18)9-13/h2-9,19H,10H2,1H3. The minimum atomic E-state index is 0.0483. The zero-order valence-corrected chi connectivity index (χ0v) is 14.0. The normalized spacial score (nSPS) is 10.5. The summed E-state index contributed by atoms with van der Waals surface area (Å²) in [4.78, 5) is 11.2. The van der Waals surface area contributed by atoms with Crippen LogP contribution in [0, 0.1) is 0 Å². The average molecular weight is 372 g/mol. The van der Waals surface area contributed by atoms with Crippen LogP contribution in [0.3, 0.4) is 0 Å².